The van der Waals surface area contributed by atoms with Gasteiger partial charge < -0.3 is 10.5 Å². The standard InChI is InChI=1S/C18H21NO/c1-13(19)17-11-18(17)15-7-9-16(10-8-15)20-12-14-5-3-2-4-6-14/h2-10,13,17-18H,11-12,19H2,1H3/t13-,17-,18-/m0/s1. The molecule has 2 aromatic rings. The molecular formula is C18H21NO. The Hall–Kier alpha value is -1.80. The normalized spacial score (nSPS) is 22.3. The van der Waals surface area contributed by atoms with E-state index in [0.717, 1.165) is 5.75 Å². The lowest BCUT2D eigenvalue weighted by Crippen LogP contribution is -2.17. The van der Waals surface area contributed by atoms with Gasteiger partial charge in [0.2, 0.25) is 0 Å². The van der Waals surface area contributed by atoms with Crippen molar-refractivity contribution < 1.29 is 4.74 Å². The molecule has 0 spiro atoms. The zero-order chi connectivity index (χ0) is 13.9. The summed E-state index contributed by atoms with van der Waals surface area (Å²) in [5, 5.41) is 0. The Morgan fingerprint density at radius 2 is 1.80 bits per heavy atom. The number of nitrogens with two attached hydrogens (primary N) is 1. The molecule has 3 atom stereocenters. The molecule has 0 radical (unpaired) electrons. The van der Waals surface area contributed by atoms with E-state index in [4.69, 9.17) is 10.5 Å². The molecule has 20 heavy (non-hydrogen) atoms. The summed E-state index contributed by atoms with van der Waals surface area (Å²) in [4.78, 5) is 0. The van der Waals surface area contributed by atoms with Gasteiger partial charge in [-0.2, -0.15) is 0 Å². The van der Waals surface area contributed by atoms with Gasteiger partial charge in [-0.25, -0.2) is 0 Å². The molecule has 0 unspecified atom stereocenters. The summed E-state index contributed by atoms with van der Waals surface area (Å²) in [5.41, 5.74) is 8.52. The Kier molecular flexibility index (Phi) is 3.75. The Bertz CT molecular complexity index is 547. The predicted octanol–water partition coefficient (Wildman–Crippen LogP) is 3.72. The van der Waals surface area contributed by atoms with Crippen LogP contribution in [0, 0.1) is 5.92 Å². The van der Waals surface area contributed by atoms with Crippen molar-refractivity contribution in [2.75, 3.05) is 0 Å². The van der Waals surface area contributed by atoms with Gasteiger partial charge in [0, 0.05) is 6.04 Å². The Morgan fingerprint density at radius 3 is 2.40 bits per heavy atom. The Morgan fingerprint density at radius 1 is 1.10 bits per heavy atom. The van der Waals surface area contributed by atoms with Crippen molar-refractivity contribution in [3.63, 3.8) is 0 Å². The monoisotopic (exact) mass is 267 g/mol. The molecule has 104 valence electrons. The number of ether oxygens (including phenoxy) is 1. The van der Waals surface area contributed by atoms with Crippen LogP contribution in [0.5, 0.6) is 5.75 Å². The summed E-state index contributed by atoms with van der Waals surface area (Å²) < 4.78 is 5.80. The van der Waals surface area contributed by atoms with E-state index in [1.165, 1.54) is 17.5 Å². The molecule has 0 aliphatic heterocycles. The van der Waals surface area contributed by atoms with E-state index in [1.54, 1.807) is 0 Å². The first-order valence-corrected chi connectivity index (χ1v) is 7.26. The maximum Gasteiger partial charge on any atom is 0.119 e. The number of hydrogen-bond acceptors (Lipinski definition) is 2. The maximum atomic E-state index is 5.94. The van der Waals surface area contributed by atoms with Gasteiger partial charge in [0.1, 0.15) is 12.4 Å². The molecule has 1 aliphatic rings. The average Bonchev–Trinajstić information content (AvgIpc) is 3.27. The van der Waals surface area contributed by atoms with Crippen LogP contribution < -0.4 is 10.5 Å². The topological polar surface area (TPSA) is 35.2 Å². The molecule has 0 heterocycles. The van der Waals surface area contributed by atoms with Crippen LogP contribution in [-0.4, -0.2) is 6.04 Å². The second-order valence-electron chi connectivity index (χ2n) is 5.71. The number of hydrogen-bond donors (Lipinski definition) is 1. The molecule has 0 amide bonds. The minimum absolute atomic E-state index is 0.300. The molecule has 0 bridgehead atoms. The third kappa shape index (κ3) is 3.02. The summed E-state index contributed by atoms with van der Waals surface area (Å²) in [6, 6.07) is 19.0. The lowest BCUT2D eigenvalue weighted by atomic mass is 10.1. The molecule has 1 aliphatic carbocycles. The lowest BCUT2D eigenvalue weighted by Gasteiger charge is -2.08. The van der Waals surface area contributed by atoms with E-state index in [9.17, 15) is 0 Å². The summed E-state index contributed by atoms with van der Waals surface area (Å²) in [5.74, 6) is 2.24. The zero-order valence-electron chi connectivity index (χ0n) is 11.8. The quantitative estimate of drug-likeness (QED) is 0.896. The molecule has 2 nitrogen and oxygen atoms in total. The van der Waals surface area contributed by atoms with Crippen LogP contribution in [0.1, 0.15) is 30.4 Å². The minimum Gasteiger partial charge on any atom is -0.489 e. The highest BCUT2D eigenvalue weighted by Crippen LogP contribution is 2.49. The van der Waals surface area contributed by atoms with E-state index >= 15 is 0 Å². The van der Waals surface area contributed by atoms with Crippen molar-refractivity contribution in [3.8, 4) is 5.75 Å². The Labute approximate surface area is 120 Å². The van der Waals surface area contributed by atoms with E-state index in [1.807, 2.05) is 18.2 Å². The SMILES string of the molecule is C[C@H](N)[C@@H]1C[C@H]1c1ccc(OCc2ccccc2)cc1. The van der Waals surface area contributed by atoms with Crippen LogP contribution in [0.4, 0.5) is 0 Å². The van der Waals surface area contributed by atoms with Crippen molar-refractivity contribution in [2.45, 2.75) is 31.9 Å². The van der Waals surface area contributed by atoms with Crippen LogP contribution in [0.25, 0.3) is 0 Å². The molecular weight excluding hydrogens is 246 g/mol. The Balaban J connectivity index is 1.57. The van der Waals surface area contributed by atoms with Crippen LogP contribution in [-0.2, 0) is 6.61 Å². The third-order valence-electron chi connectivity index (χ3n) is 4.07. The van der Waals surface area contributed by atoms with Gasteiger partial charge in [-0.15, -0.1) is 0 Å². The van der Waals surface area contributed by atoms with Gasteiger partial charge in [0.15, 0.2) is 0 Å². The highest BCUT2D eigenvalue weighted by atomic mass is 16.5. The van der Waals surface area contributed by atoms with Gasteiger partial charge in [-0.1, -0.05) is 42.5 Å². The van der Waals surface area contributed by atoms with Crippen LogP contribution in [0.2, 0.25) is 0 Å². The van der Waals surface area contributed by atoms with Crippen LogP contribution in [0.3, 0.4) is 0 Å². The zero-order valence-corrected chi connectivity index (χ0v) is 11.8. The fraction of sp³-hybridized carbons (Fsp3) is 0.333. The van der Waals surface area contributed by atoms with Crippen molar-refractivity contribution in [1.82, 2.24) is 0 Å². The van der Waals surface area contributed by atoms with Gasteiger partial charge in [-0.05, 0) is 48.4 Å². The fourth-order valence-corrected chi connectivity index (χ4v) is 2.73. The summed E-state index contributed by atoms with van der Waals surface area (Å²) in [6.45, 7) is 2.72. The summed E-state index contributed by atoms with van der Waals surface area (Å²) >= 11 is 0. The average molecular weight is 267 g/mol. The lowest BCUT2D eigenvalue weighted by molar-refractivity contribution is 0.306. The van der Waals surface area contributed by atoms with Crippen molar-refractivity contribution in [1.29, 1.82) is 0 Å². The highest BCUT2D eigenvalue weighted by molar-refractivity contribution is 5.33. The molecule has 3 rings (SSSR count). The smallest absolute Gasteiger partial charge is 0.119 e. The van der Waals surface area contributed by atoms with Crippen molar-refractivity contribution in [2.24, 2.45) is 11.7 Å². The van der Waals surface area contributed by atoms with Crippen LogP contribution >= 0.6 is 0 Å². The molecule has 2 heteroatoms. The first kappa shape index (κ1) is 13.2. The van der Waals surface area contributed by atoms with Crippen molar-refractivity contribution in [3.05, 3.63) is 65.7 Å². The molecule has 2 aromatic carbocycles. The maximum absolute atomic E-state index is 5.94. The predicted molar refractivity (Wildman–Crippen MR) is 81.7 cm³/mol. The molecule has 0 saturated heterocycles. The number of benzene rings is 2. The van der Waals surface area contributed by atoms with E-state index in [-0.39, 0.29) is 0 Å². The first-order chi connectivity index (χ1) is 9.74. The van der Waals surface area contributed by atoms with Gasteiger partial charge in [-0.3, -0.25) is 0 Å². The van der Waals surface area contributed by atoms with Gasteiger partial charge >= 0.3 is 0 Å². The van der Waals surface area contributed by atoms with Crippen molar-refractivity contribution >= 4 is 0 Å². The highest BCUT2D eigenvalue weighted by Gasteiger charge is 2.40. The minimum atomic E-state index is 0.300. The van der Waals surface area contributed by atoms with Gasteiger partial charge in [0.05, 0.1) is 0 Å². The molecule has 2 N–H and O–H groups in total. The van der Waals surface area contributed by atoms with E-state index in [2.05, 4.69) is 43.3 Å². The number of rotatable bonds is 5. The molecule has 1 saturated carbocycles. The first-order valence-electron chi connectivity index (χ1n) is 7.26. The molecule has 1 fully saturated rings. The van der Waals surface area contributed by atoms with Gasteiger partial charge in [0.25, 0.3) is 0 Å². The van der Waals surface area contributed by atoms with Crippen LogP contribution in [0.15, 0.2) is 54.6 Å². The largest absolute Gasteiger partial charge is 0.489 e. The second-order valence-corrected chi connectivity index (χ2v) is 5.71. The fourth-order valence-electron chi connectivity index (χ4n) is 2.73. The summed E-state index contributed by atoms with van der Waals surface area (Å²) in [7, 11) is 0. The van der Waals surface area contributed by atoms with E-state index < -0.39 is 0 Å². The third-order valence-corrected chi connectivity index (χ3v) is 4.07. The molecule has 0 aromatic heterocycles. The van der Waals surface area contributed by atoms with E-state index in [0.29, 0.717) is 24.5 Å². The summed E-state index contributed by atoms with van der Waals surface area (Å²) in [6.07, 6.45) is 1.22. The second kappa shape index (κ2) is 5.68.